The molecule has 0 unspecified atom stereocenters. The summed E-state index contributed by atoms with van der Waals surface area (Å²) in [6.07, 6.45) is -4.36. The van der Waals surface area contributed by atoms with E-state index in [2.05, 4.69) is 6.58 Å². The molecule has 40 heavy (non-hydrogen) atoms. The molecule has 2 aliphatic carbocycles. The highest BCUT2D eigenvalue weighted by Crippen LogP contribution is 2.70. The molecule has 4 aliphatic rings. The molecule has 2 saturated carbocycles. The lowest BCUT2D eigenvalue weighted by Crippen LogP contribution is -2.72. The van der Waals surface area contributed by atoms with Gasteiger partial charge in [-0.05, 0) is 24.5 Å². The molecule has 5 rings (SSSR count). The number of fused-ring (bicyclic) bond motifs is 2. The molecule has 2 bridgehead atoms. The number of carbonyl (C=O) groups is 4. The quantitative estimate of drug-likeness (QED) is 0.315. The van der Waals surface area contributed by atoms with Gasteiger partial charge in [0.2, 0.25) is 0 Å². The molecule has 218 valence electrons. The zero-order chi connectivity index (χ0) is 29.6. The van der Waals surface area contributed by atoms with Crippen molar-refractivity contribution in [1.82, 2.24) is 0 Å². The van der Waals surface area contributed by atoms with Crippen LogP contribution in [0.3, 0.4) is 0 Å². The Balaban J connectivity index is 1.74. The number of hydrogen-bond donors (Lipinski definition) is 2. The van der Waals surface area contributed by atoms with Crippen molar-refractivity contribution < 1.29 is 52.8 Å². The number of methoxy groups -OCH3 is 1. The van der Waals surface area contributed by atoms with Crippen molar-refractivity contribution >= 4 is 23.7 Å². The SMILES string of the molecule is C=C1[C@H]2C(=O)[C@@]3(C)[C@@H](O[C@@]14CC(=O)O[C@@H](c1ccoc1)[C@]4(C)[C@H]2O)[C@@H](O)[C@@H](OC(C)=O)C(C)(C)[C@@H]3CC(=O)OC. The van der Waals surface area contributed by atoms with Crippen LogP contribution in [0.1, 0.15) is 59.1 Å². The van der Waals surface area contributed by atoms with Crippen LogP contribution in [0, 0.1) is 28.1 Å². The van der Waals surface area contributed by atoms with E-state index in [0.29, 0.717) is 5.56 Å². The van der Waals surface area contributed by atoms with Gasteiger partial charge in [-0.3, -0.25) is 19.2 Å². The van der Waals surface area contributed by atoms with Crippen molar-refractivity contribution in [1.29, 1.82) is 0 Å². The molecule has 2 aliphatic heterocycles. The van der Waals surface area contributed by atoms with Crippen LogP contribution >= 0.6 is 0 Å². The molecule has 1 spiro atoms. The molecule has 2 saturated heterocycles. The third-order valence-corrected chi connectivity index (χ3v) is 10.3. The topological polar surface area (TPSA) is 159 Å². The number of ketones is 1. The number of furan rings is 1. The van der Waals surface area contributed by atoms with Gasteiger partial charge in [-0.25, -0.2) is 0 Å². The van der Waals surface area contributed by atoms with Crippen LogP contribution in [-0.2, 0) is 38.1 Å². The molecule has 3 heterocycles. The normalized spacial score (nSPS) is 43.7. The summed E-state index contributed by atoms with van der Waals surface area (Å²) in [4.78, 5) is 52.8. The number of esters is 3. The second-order valence-electron chi connectivity index (χ2n) is 12.5. The minimum Gasteiger partial charge on any atom is -0.472 e. The van der Waals surface area contributed by atoms with Crippen LogP contribution < -0.4 is 0 Å². The van der Waals surface area contributed by atoms with E-state index in [-0.39, 0.29) is 18.4 Å². The molecule has 4 fully saturated rings. The first-order valence-corrected chi connectivity index (χ1v) is 13.3. The summed E-state index contributed by atoms with van der Waals surface area (Å²) in [6.45, 7) is 12.1. The van der Waals surface area contributed by atoms with E-state index >= 15 is 0 Å². The molecular formula is C29H36O11. The highest BCUT2D eigenvalue weighted by molar-refractivity contribution is 5.94. The van der Waals surface area contributed by atoms with E-state index in [1.807, 2.05) is 0 Å². The number of cyclic esters (lactones) is 1. The maximum atomic E-state index is 14.8. The van der Waals surface area contributed by atoms with Crippen molar-refractivity contribution in [2.45, 2.75) is 83.6 Å². The number of ether oxygens (including phenoxy) is 4. The number of rotatable bonds is 4. The number of aliphatic hydroxyl groups excluding tert-OH is 2. The van der Waals surface area contributed by atoms with Gasteiger partial charge in [0.1, 0.15) is 30.0 Å². The maximum Gasteiger partial charge on any atom is 0.309 e. The average molecular weight is 561 g/mol. The second kappa shape index (κ2) is 8.99. The first-order chi connectivity index (χ1) is 18.6. The second-order valence-corrected chi connectivity index (χ2v) is 12.5. The smallest absolute Gasteiger partial charge is 0.309 e. The number of aliphatic hydroxyl groups is 2. The fraction of sp³-hybridized carbons (Fsp3) is 0.655. The van der Waals surface area contributed by atoms with E-state index < -0.39 is 87.9 Å². The Morgan fingerprint density at radius 3 is 2.42 bits per heavy atom. The van der Waals surface area contributed by atoms with Crippen molar-refractivity contribution in [2.24, 2.45) is 28.1 Å². The predicted molar refractivity (Wildman–Crippen MR) is 135 cm³/mol. The molecule has 0 aromatic carbocycles. The van der Waals surface area contributed by atoms with E-state index in [4.69, 9.17) is 23.4 Å². The molecule has 2 N–H and O–H groups in total. The summed E-state index contributed by atoms with van der Waals surface area (Å²) in [5.41, 5.74) is -5.11. The largest absolute Gasteiger partial charge is 0.472 e. The van der Waals surface area contributed by atoms with Gasteiger partial charge in [-0.15, -0.1) is 0 Å². The van der Waals surface area contributed by atoms with Crippen molar-refractivity contribution in [3.63, 3.8) is 0 Å². The Hall–Kier alpha value is -3.02. The van der Waals surface area contributed by atoms with Crippen molar-refractivity contribution in [3.05, 3.63) is 36.3 Å². The molecular weight excluding hydrogens is 524 g/mol. The highest BCUT2D eigenvalue weighted by atomic mass is 16.6. The van der Waals surface area contributed by atoms with Gasteiger partial charge in [0, 0.05) is 17.9 Å². The summed E-state index contributed by atoms with van der Waals surface area (Å²) in [5.74, 6) is -4.49. The monoisotopic (exact) mass is 560 g/mol. The summed E-state index contributed by atoms with van der Waals surface area (Å²) < 4.78 is 28.4. The lowest BCUT2D eigenvalue weighted by molar-refractivity contribution is -0.296. The molecule has 1 aromatic heterocycles. The lowest BCUT2D eigenvalue weighted by atomic mass is 9.49. The molecule has 0 radical (unpaired) electrons. The van der Waals surface area contributed by atoms with Gasteiger partial charge in [-0.2, -0.15) is 0 Å². The lowest BCUT2D eigenvalue weighted by Gasteiger charge is -2.61. The Labute approximate surface area is 231 Å². The van der Waals surface area contributed by atoms with Crippen LogP contribution in [0.25, 0.3) is 0 Å². The fourth-order valence-corrected chi connectivity index (χ4v) is 8.23. The van der Waals surface area contributed by atoms with Gasteiger partial charge in [0.15, 0.2) is 5.78 Å². The summed E-state index contributed by atoms with van der Waals surface area (Å²) in [7, 11) is 1.23. The zero-order valence-corrected chi connectivity index (χ0v) is 23.5. The van der Waals surface area contributed by atoms with Crippen LogP contribution in [-0.4, -0.2) is 71.0 Å². The molecule has 1 aromatic rings. The van der Waals surface area contributed by atoms with Gasteiger partial charge >= 0.3 is 17.9 Å². The van der Waals surface area contributed by atoms with Crippen LogP contribution in [0.4, 0.5) is 0 Å². The Kier molecular flexibility index (Phi) is 6.41. The molecule has 11 nitrogen and oxygen atoms in total. The average Bonchev–Trinajstić information content (AvgIpc) is 3.45. The van der Waals surface area contributed by atoms with Crippen LogP contribution in [0.2, 0.25) is 0 Å². The van der Waals surface area contributed by atoms with Crippen molar-refractivity contribution in [3.8, 4) is 0 Å². The van der Waals surface area contributed by atoms with Crippen molar-refractivity contribution in [2.75, 3.05) is 7.11 Å². The molecule has 0 amide bonds. The fourth-order valence-electron chi connectivity index (χ4n) is 8.23. The van der Waals surface area contributed by atoms with Crippen LogP contribution in [0.15, 0.2) is 35.2 Å². The number of Topliss-reactive ketones (excluding diaryl/α,β-unsaturated/α-hetero) is 1. The summed E-state index contributed by atoms with van der Waals surface area (Å²) >= 11 is 0. The maximum absolute atomic E-state index is 14.8. The summed E-state index contributed by atoms with van der Waals surface area (Å²) in [5, 5.41) is 23.8. The van der Waals surface area contributed by atoms with E-state index in [1.54, 1.807) is 33.8 Å². The summed E-state index contributed by atoms with van der Waals surface area (Å²) in [6, 6.07) is 1.60. The van der Waals surface area contributed by atoms with Gasteiger partial charge in [-0.1, -0.05) is 27.4 Å². The van der Waals surface area contributed by atoms with E-state index in [1.165, 1.54) is 26.6 Å². The first-order valence-electron chi connectivity index (χ1n) is 13.3. The third-order valence-electron chi connectivity index (χ3n) is 10.3. The standard InChI is InChI=1S/C29H36O11/c1-13-19-21(34)27(5)16(10-17(31)36-7)26(3,4)24(38-14(2)30)20(33)25(27)40-29(13)11-18(32)39-23(15-8-9-37-12-15)28(29,6)22(19)35/h8-9,12,16,19-20,22-25,33,35H,1,10-11H2,2-7H3/t16-,19-,20-,22-,23-,24+,25-,27-,28-,29-/m0/s1. The third kappa shape index (κ3) is 3.40. The zero-order valence-electron chi connectivity index (χ0n) is 23.5. The Bertz CT molecular complexity index is 1270. The minimum atomic E-state index is -1.65. The van der Waals surface area contributed by atoms with Gasteiger partial charge < -0.3 is 33.6 Å². The first kappa shape index (κ1) is 28.5. The van der Waals surface area contributed by atoms with E-state index in [9.17, 15) is 29.4 Å². The predicted octanol–water partition coefficient (Wildman–Crippen LogP) is 2.05. The molecule has 11 heteroatoms. The minimum absolute atomic E-state index is 0.194. The molecule has 10 atom stereocenters. The Morgan fingerprint density at radius 1 is 1.18 bits per heavy atom. The van der Waals surface area contributed by atoms with Gasteiger partial charge in [0.25, 0.3) is 0 Å². The Morgan fingerprint density at radius 2 is 1.85 bits per heavy atom. The van der Waals surface area contributed by atoms with Crippen LogP contribution in [0.5, 0.6) is 0 Å². The number of hydrogen-bond acceptors (Lipinski definition) is 11. The number of carbonyl (C=O) groups excluding carboxylic acids is 4. The highest BCUT2D eigenvalue weighted by Gasteiger charge is 2.79. The van der Waals surface area contributed by atoms with E-state index in [0.717, 1.165) is 0 Å². The van der Waals surface area contributed by atoms with Gasteiger partial charge in [0.05, 0.1) is 55.3 Å².